The second-order valence-electron chi connectivity index (χ2n) is 3.49. The molecule has 6 heteroatoms. The zero-order valence-corrected chi connectivity index (χ0v) is 10.9. The van der Waals surface area contributed by atoms with Crippen LogP contribution in [-0.2, 0) is 0 Å². The SMILES string of the molecule is Cc1cc(C)nc(Sc2csc(C(=O)O)c2)n1. The minimum atomic E-state index is -0.900. The summed E-state index contributed by atoms with van der Waals surface area (Å²) < 4.78 is 0. The Morgan fingerprint density at radius 1 is 1.29 bits per heavy atom. The molecule has 0 saturated carbocycles. The summed E-state index contributed by atoms with van der Waals surface area (Å²) in [4.78, 5) is 20.5. The first-order valence-corrected chi connectivity index (χ1v) is 6.56. The summed E-state index contributed by atoms with van der Waals surface area (Å²) in [6, 6.07) is 3.54. The van der Waals surface area contributed by atoms with Crippen LogP contribution in [0, 0.1) is 13.8 Å². The predicted molar refractivity (Wildman–Crippen MR) is 66.9 cm³/mol. The number of hydrogen-bond acceptors (Lipinski definition) is 5. The number of rotatable bonds is 3. The first kappa shape index (κ1) is 12.1. The van der Waals surface area contributed by atoms with Gasteiger partial charge in [0, 0.05) is 21.7 Å². The van der Waals surface area contributed by atoms with Crippen LogP contribution in [0.15, 0.2) is 27.6 Å². The number of aryl methyl sites for hydroxylation is 2. The van der Waals surface area contributed by atoms with Crippen molar-refractivity contribution in [3.8, 4) is 0 Å². The molecule has 0 radical (unpaired) electrons. The predicted octanol–water partition coefficient (Wildman–Crippen LogP) is 3.00. The van der Waals surface area contributed by atoms with Gasteiger partial charge in [0.05, 0.1) is 0 Å². The lowest BCUT2D eigenvalue weighted by Gasteiger charge is -2.00. The number of carbonyl (C=O) groups is 1. The summed E-state index contributed by atoms with van der Waals surface area (Å²) >= 11 is 2.59. The van der Waals surface area contributed by atoms with Crippen LogP contribution in [0.25, 0.3) is 0 Å². The zero-order valence-electron chi connectivity index (χ0n) is 9.30. The van der Waals surface area contributed by atoms with Crippen LogP contribution in [0.5, 0.6) is 0 Å². The van der Waals surface area contributed by atoms with E-state index < -0.39 is 5.97 Å². The molecule has 2 aromatic rings. The monoisotopic (exact) mass is 266 g/mol. The quantitative estimate of drug-likeness (QED) is 0.865. The van der Waals surface area contributed by atoms with Gasteiger partial charge in [-0.1, -0.05) is 0 Å². The van der Waals surface area contributed by atoms with E-state index in [2.05, 4.69) is 9.97 Å². The van der Waals surface area contributed by atoms with Crippen LogP contribution >= 0.6 is 23.1 Å². The van der Waals surface area contributed by atoms with Gasteiger partial charge in [-0.05, 0) is 37.7 Å². The largest absolute Gasteiger partial charge is 0.477 e. The molecule has 1 N–H and O–H groups in total. The van der Waals surface area contributed by atoms with Crippen molar-refractivity contribution in [1.29, 1.82) is 0 Å². The van der Waals surface area contributed by atoms with E-state index in [4.69, 9.17) is 5.11 Å². The third-order valence-electron chi connectivity index (χ3n) is 1.96. The van der Waals surface area contributed by atoms with Gasteiger partial charge in [0.25, 0.3) is 0 Å². The van der Waals surface area contributed by atoms with Gasteiger partial charge in [0.2, 0.25) is 0 Å². The van der Waals surface area contributed by atoms with Crippen LogP contribution in [0.3, 0.4) is 0 Å². The van der Waals surface area contributed by atoms with E-state index in [0.29, 0.717) is 10.0 Å². The van der Waals surface area contributed by atoms with Crippen LogP contribution in [0.2, 0.25) is 0 Å². The van der Waals surface area contributed by atoms with Crippen molar-refractivity contribution in [3.05, 3.63) is 33.8 Å². The molecule has 88 valence electrons. The molecule has 0 fully saturated rings. The van der Waals surface area contributed by atoms with E-state index in [9.17, 15) is 4.79 Å². The van der Waals surface area contributed by atoms with Crippen LogP contribution in [-0.4, -0.2) is 21.0 Å². The van der Waals surface area contributed by atoms with Gasteiger partial charge in [-0.3, -0.25) is 0 Å². The number of thiophene rings is 1. The minimum Gasteiger partial charge on any atom is -0.477 e. The highest BCUT2D eigenvalue weighted by atomic mass is 32.2. The number of hydrogen-bond donors (Lipinski definition) is 1. The van der Waals surface area contributed by atoms with E-state index in [-0.39, 0.29) is 0 Å². The van der Waals surface area contributed by atoms with Gasteiger partial charge in [0.15, 0.2) is 5.16 Å². The third kappa shape index (κ3) is 3.04. The van der Waals surface area contributed by atoms with Crippen molar-refractivity contribution in [2.24, 2.45) is 0 Å². The maximum Gasteiger partial charge on any atom is 0.345 e. The number of aromatic carboxylic acids is 1. The molecule has 0 aliphatic rings. The number of carboxylic acid groups (broad SMARTS) is 1. The molecule has 0 spiro atoms. The highest BCUT2D eigenvalue weighted by Gasteiger charge is 2.09. The van der Waals surface area contributed by atoms with E-state index >= 15 is 0 Å². The molecule has 2 heterocycles. The van der Waals surface area contributed by atoms with Gasteiger partial charge in [-0.15, -0.1) is 11.3 Å². The summed E-state index contributed by atoms with van der Waals surface area (Å²) in [5.74, 6) is -0.900. The van der Waals surface area contributed by atoms with Crippen molar-refractivity contribution in [1.82, 2.24) is 9.97 Å². The highest BCUT2D eigenvalue weighted by Crippen LogP contribution is 2.29. The molecule has 0 unspecified atom stereocenters. The number of aromatic nitrogens is 2. The summed E-state index contributed by atoms with van der Waals surface area (Å²) in [6.07, 6.45) is 0. The van der Waals surface area contributed by atoms with Crippen molar-refractivity contribution < 1.29 is 9.90 Å². The van der Waals surface area contributed by atoms with E-state index in [1.807, 2.05) is 19.9 Å². The fourth-order valence-corrected chi connectivity index (χ4v) is 3.11. The van der Waals surface area contributed by atoms with Gasteiger partial charge in [-0.2, -0.15) is 0 Å². The Morgan fingerprint density at radius 3 is 2.47 bits per heavy atom. The smallest absolute Gasteiger partial charge is 0.345 e. The molecule has 0 atom stereocenters. The van der Waals surface area contributed by atoms with E-state index in [1.165, 1.54) is 23.1 Å². The first-order chi connectivity index (χ1) is 8.04. The van der Waals surface area contributed by atoms with Crippen molar-refractivity contribution in [2.75, 3.05) is 0 Å². The Bertz CT molecular complexity index is 546. The van der Waals surface area contributed by atoms with Crippen LogP contribution in [0.1, 0.15) is 21.1 Å². The molecular weight excluding hydrogens is 256 g/mol. The molecule has 4 nitrogen and oxygen atoms in total. The van der Waals surface area contributed by atoms with Crippen molar-refractivity contribution >= 4 is 29.1 Å². The van der Waals surface area contributed by atoms with Gasteiger partial charge in [-0.25, -0.2) is 14.8 Å². The van der Waals surface area contributed by atoms with Gasteiger partial charge in [0.1, 0.15) is 4.88 Å². The van der Waals surface area contributed by atoms with Crippen LogP contribution < -0.4 is 0 Å². The molecule has 0 amide bonds. The summed E-state index contributed by atoms with van der Waals surface area (Å²) in [6.45, 7) is 3.82. The normalized spacial score (nSPS) is 10.5. The molecule has 0 aliphatic carbocycles. The maximum absolute atomic E-state index is 10.7. The average Bonchev–Trinajstić information content (AvgIpc) is 2.64. The highest BCUT2D eigenvalue weighted by molar-refractivity contribution is 7.99. The maximum atomic E-state index is 10.7. The van der Waals surface area contributed by atoms with Gasteiger partial charge < -0.3 is 5.11 Å². The molecule has 2 rings (SSSR count). The van der Waals surface area contributed by atoms with Gasteiger partial charge >= 0.3 is 5.97 Å². The molecule has 0 saturated heterocycles. The molecule has 2 aromatic heterocycles. The first-order valence-electron chi connectivity index (χ1n) is 4.86. The number of carboxylic acids is 1. The average molecular weight is 266 g/mol. The summed E-state index contributed by atoms with van der Waals surface area (Å²) in [7, 11) is 0. The third-order valence-corrected chi connectivity index (χ3v) is 3.86. The lowest BCUT2D eigenvalue weighted by Crippen LogP contribution is -1.92. The van der Waals surface area contributed by atoms with E-state index in [0.717, 1.165) is 16.3 Å². The molecule has 0 aliphatic heterocycles. The summed E-state index contributed by atoms with van der Waals surface area (Å²) in [5.41, 5.74) is 1.82. The lowest BCUT2D eigenvalue weighted by atomic mass is 10.4. The Morgan fingerprint density at radius 2 is 1.94 bits per heavy atom. The Labute approximate surface area is 107 Å². The van der Waals surface area contributed by atoms with E-state index in [1.54, 1.807) is 11.4 Å². The molecule has 0 bridgehead atoms. The Hall–Kier alpha value is -1.40. The number of nitrogens with zero attached hydrogens (tertiary/aromatic N) is 2. The Balaban J connectivity index is 2.22. The minimum absolute atomic E-state index is 0.330. The Kier molecular flexibility index (Phi) is 3.44. The zero-order chi connectivity index (χ0) is 12.4. The lowest BCUT2D eigenvalue weighted by molar-refractivity contribution is 0.0702. The van der Waals surface area contributed by atoms with Crippen molar-refractivity contribution in [3.63, 3.8) is 0 Å². The molecular formula is C11H10N2O2S2. The molecule has 17 heavy (non-hydrogen) atoms. The standard InChI is InChI=1S/C11H10N2O2S2/c1-6-3-7(2)13-11(12-6)17-8-4-9(10(14)15)16-5-8/h3-5H,1-2H3,(H,14,15). The molecule has 0 aromatic carbocycles. The summed E-state index contributed by atoms with van der Waals surface area (Å²) in [5, 5.41) is 11.3. The van der Waals surface area contributed by atoms with Crippen molar-refractivity contribution in [2.45, 2.75) is 23.9 Å². The second kappa shape index (κ2) is 4.85. The second-order valence-corrected chi connectivity index (χ2v) is 5.44. The fraction of sp³-hybridized carbons (Fsp3) is 0.182. The topological polar surface area (TPSA) is 63.1 Å². The fourth-order valence-electron chi connectivity index (χ4n) is 1.33. The van der Waals surface area contributed by atoms with Crippen LogP contribution in [0.4, 0.5) is 0 Å².